The smallest absolute Gasteiger partial charge is 0.319 e. The van der Waals surface area contributed by atoms with Crippen molar-refractivity contribution in [2.24, 2.45) is 0 Å². The summed E-state index contributed by atoms with van der Waals surface area (Å²) in [6.07, 6.45) is 3.12. The number of likely N-dealkylation sites (tertiary alicyclic amines) is 1. The number of hydrogen-bond donors (Lipinski definition) is 0. The maximum Gasteiger partial charge on any atom is 0.319 e. The third kappa shape index (κ3) is 4.43. The van der Waals surface area contributed by atoms with Crippen molar-refractivity contribution in [3.8, 4) is 11.9 Å². The van der Waals surface area contributed by atoms with Crippen LogP contribution in [0.1, 0.15) is 18.4 Å². The van der Waals surface area contributed by atoms with Gasteiger partial charge >= 0.3 is 6.01 Å². The molecular formula is C18H20FN3O3. The monoisotopic (exact) mass is 345 g/mol. The largest absolute Gasteiger partial charge is 0.472 e. The lowest BCUT2D eigenvalue weighted by Crippen LogP contribution is -2.45. The van der Waals surface area contributed by atoms with Crippen LogP contribution in [0.4, 0.5) is 4.39 Å². The Morgan fingerprint density at radius 2 is 2.20 bits per heavy atom. The van der Waals surface area contributed by atoms with Crippen molar-refractivity contribution in [2.45, 2.75) is 25.4 Å². The van der Waals surface area contributed by atoms with Crippen LogP contribution in [-0.2, 0) is 11.2 Å². The molecule has 0 spiro atoms. The molecule has 2 aromatic rings. The SMILES string of the molecule is COc1nccc(OC2CCCN(C(=O)Cc3ccccc3F)C2)n1. The second-order valence-electron chi connectivity index (χ2n) is 5.87. The molecule has 0 radical (unpaired) electrons. The molecule has 1 amide bonds. The maximum absolute atomic E-state index is 13.7. The van der Waals surface area contributed by atoms with E-state index in [0.717, 1.165) is 12.8 Å². The Labute approximate surface area is 145 Å². The predicted molar refractivity (Wildman–Crippen MR) is 88.9 cm³/mol. The summed E-state index contributed by atoms with van der Waals surface area (Å²) in [5.41, 5.74) is 0.413. The van der Waals surface area contributed by atoms with E-state index >= 15 is 0 Å². The van der Waals surface area contributed by atoms with E-state index in [9.17, 15) is 9.18 Å². The molecule has 6 nitrogen and oxygen atoms in total. The minimum atomic E-state index is -0.353. The Morgan fingerprint density at radius 3 is 3.00 bits per heavy atom. The van der Waals surface area contributed by atoms with Gasteiger partial charge in [-0.25, -0.2) is 9.37 Å². The number of nitrogens with zero attached hydrogens (tertiary/aromatic N) is 3. The molecule has 3 rings (SSSR count). The van der Waals surface area contributed by atoms with Gasteiger partial charge in [0.2, 0.25) is 11.8 Å². The molecule has 2 heterocycles. The van der Waals surface area contributed by atoms with Gasteiger partial charge in [0.1, 0.15) is 11.9 Å². The fraction of sp³-hybridized carbons (Fsp3) is 0.389. The summed E-state index contributed by atoms with van der Waals surface area (Å²) in [4.78, 5) is 22.3. The Balaban J connectivity index is 1.60. The van der Waals surface area contributed by atoms with Gasteiger partial charge in [0.15, 0.2) is 0 Å². The minimum Gasteiger partial charge on any atom is -0.472 e. The molecule has 1 aliphatic heterocycles. The molecule has 0 N–H and O–H groups in total. The number of carbonyl (C=O) groups is 1. The molecule has 25 heavy (non-hydrogen) atoms. The van der Waals surface area contributed by atoms with Gasteiger partial charge in [0.25, 0.3) is 0 Å². The molecule has 1 unspecified atom stereocenters. The van der Waals surface area contributed by atoms with Crippen LogP contribution in [0, 0.1) is 5.82 Å². The number of rotatable bonds is 5. The molecule has 7 heteroatoms. The van der Waals surface area contributed by atoms with E-state index < -0.39 is 0 Å². The summed E-state index contributed by atoms with van der Waals surface area (Å²) in [7, 11) is 1.49. The number of amides is 1. The Kier molecular flexibility index (Phi) is 5.42. The van der Waals surface area contributed by atoms with Gasteiger partial charge in [-0.05, 0) is 24.5 Å². The normalized spacial score (nSPS) is 17.2. The minimum absolute atomic E-state index is 0.0563. The van der Waals surface area contributed by atoms with Gasteiger partial charge in [-0.1, -0.05) is 18.2 Å². The molecule has 1 aromatic carbocycles. The zero-order valence-corrected chi connectivity index (χ0v) is 14.0. The van der Waals surface area contributed by atoms with E-state index in [1.807, 2.05) is 0 Å². The molecule has 0 bridgehead atoms. The Bertz CT molecular complexity index is 741. The predicted octanol–water partition coefficient (Wildman–Crippen LogP) is 2.24. The van der Waals surface area contributed by atoms with E-state index in [4.69, 9.17) is 9.47 Å². The van der Waals surface area contributed by atoms with Crippen molar-refractivity contribution in [2.75, 3.05) is 20.2 Å². The van der Waals surface area contributed by atoms with E-state index in [1.54, 1.807) is 35.4 Å². The fourth-order valence-electron chi connectivity index (χ4n) is 2.84. The lowest BCUT2D eigenvalue weighted by atomic mass is 10.1. The Hall–Kier alpha value is -2.70. The van der Waals surface area contributed by atoms with Crippen molar-refractivity contribution in [1.82, 2.24) is 14.9 Å². The summed E-state index contributed by atoms with van der Waals surface area (Å²) < 4.78 is 24.6. The van der Waals surface area contributed by atoms with Crippen molar-refractivity contribution in [1.29, 1.82) is 0 Å². The maximum atomic E-state index is 13.7. The molecule has 132 valence electrons. The summed E-state index contributed by atoms with van der Waals surface area (Å²) in [6, 6.07) is 8.25. The van der Waals surface area contributed by atoms with Crippen LogP contribution < -0.4 is 9.47 Å². The fourth-order valence-corrected chi connectivity index (χ4v) is 2.84. The number of halogens is 1. The summed E-state index contributed by atoms with van der Waals surface area (Å²) in [5.74, 6) is -0.0346. The number of carbonyl (C=O) groups excluding carboxylic acids is 1. The van der Waals surface area contributed by atoms with Gasteiger partial charge < -0.3 is 14.4 Å². The van der Waals surface area contributed by atoms with Crippen LogP contribution in [0.2, 0.25) is 0 Å². The van der Waals surface area contributed by atoms with E-state index in [1.165, 1.54) is 13.2 Å². The lowest BCUT2D eigenvalue weighted by Gasteiger charge is -2.32. The van der Waals surface area contributed by atoms with E-state index in [-0.39, 0.29) is 30.3 Å². The zero-order chi connectivity index (χ0) is 17.6. The third-order valence-corrected chi connectivity index (χ3v) is 4.11. The standard InChI is InChI=1S/C18H20FN3O3/c1-24-18-20-9-8-16(21-18)25-14-6-4-10-22(12-14)17(23)11-13-5-2-3-7-15(13)19/h2-3,5,7-9,14H,4,6,10-12H2,1H3. The number of piperidine rings is 1. The third-order valence-electron chi connectivity index (χ3n) is 4.11. The van der Waals surface area contributed by atoms with Crippen molar-refractivity contribution in [3.63, 3.8) is 0 Å². The van der Waals surface area contributed by atoms with Gasteiger partial charge in [-0.3, -0.25) is 4.79 Å². The summed E-state index contributed by atoms with van der Waals surface area (Å²) in [5, 5.41) is 0. The first-order valence-electron chi connectivity index (χ1n) is 8.20. The molecule has 1 saturated heterocycles. The topological polar surface area (TPSA) is 64.6 Å². The van der Waals surface area contributed by atoms with Crippen LogP contribution in [-0.4, -0.2) is 47.1 Å². The highest BCUT2D eigenvalue weighted by Crippen LogP contribution is 2.19. The zero-order valence-electron chi connectivity index (χ0n) is 14.0. The van der Waals surface area contributed by atoms with Gasteiger partial charge in [0, 0.05) is 18.8 Å². The Morgan fingerprint density at radius 1 is 1.36 bits per heavy atom. The molecule has 1 fully saturated rings. The lowest BCUT2D eigenvalue weighted by molar-refractivity contribution is -0.133. The van der Waals surface area contributed by atoms with Crippen molar-refractivity contribution in [3.05, 3.63) is 47.9 Å². The summed E-state index contributed by atoms with van der Waals surface area (Å²) in [6.45, 7) is 1.11. The second kappa shape index (κ2) is 7.92. The quantitative estimate of drug-likeness (QED) is 0.831. The number of ether oxygens (including phenoxy) is 2. The van der Waals surface area contributed by atoms with Crippen LogP contribution in [0.25, 0.3) is 0 Å². The highest BCUT2D eigenvalue weighted by molar-refractivity contribution is 5.79. The van der Waals surface area contributed by atoms with E-state index in [0.29, 0.717) is 24.5 Å². The molecule has 0 saturated carbocycles. The van der Waals surface area contributed by atoms with Gasteiger partial charge in [-0.2, -0.15) is 4.98 Å². The first-order chi connectivity index (χ1) is 12.2. The molecule has 0 aliphatic carbocycles. The second-order valence-corrected chi connectivity index (χ2v) is 5.87. The molecule has 1 aliphatic rings. The van der Waals surface area contributed by atoms with Crippen molar-refractivity contribution >= 4 is 5.91 Å². The van der Waals surface area contributed by atoms with Crippen LogP contribution in [0.3, 0.4) is 0 Å². The van der Waals surface area contributed by atoms with Gasteiger partial charge in [-0.15, -0.1) is 0 Å². The van der Waals surface area contributed by atoms with Crippen LogP contribution in [0.15, 0.2) is 36.5 Å². The first-order valence-corrected chi connectivity index (χ1v) is 8.20. The molecule has 1 atom stereocenters. The first kappa shape index (κ1) is 17.1. The number of aromatic nitrogens is 2. The number of methoxy groups -OCH3 is 1. The number of hydrogen-bond acceptors (Lipinski definition) is 5. The average Bonchev–Trinajstić information content (AvgIpc) is 2.64. The number of benzene rings is 1. The summed E-state index contributed by atoms with van der Waals surface area (Å²) >= 11 is 0. The average molecular weight is 345 g/mol. The van der Waals surface area contributed by atoms with E-state index in [2.05, 4.69) is 9.97 Å². The molecular weight excluding hydrogens is 325 g/mol. The van der Waals surface area contributed by atoms with Crippen LogP contribution >= 0.6 is 0 Å². The van der Waals surface area contributed by atoms with Gasteiger partial charge in [0.05, 0.1) is 20.1 Å². The molecule has 1 aromatic heterocycles. The van der Waals surface area contributed by atoms with Crippen LogP contribution in [0.5, 0.6) is 11.9 Å². The highest BCUT2D eigenvalue weighted by atomic mass is 19.1. The van der Waals surface area contributed by atoms with Crippen molar-refractivity contribution < 1.29 is 18.7 Å². The highest BCUT2D eigenvalue weighted by Gasteiger charge is 2.25.